The lowest BCUT2D eigenvalue weighted by Gasteiger charge is -2.22. The van der Waals surface area contributed by atoms with E-state index in [9.17, 15) is 0 Å². The van der Waals surface area contributed by atoms with E-state index in [1.807, 2.05) is 18.9 Å². The molecular weight excluding hydrogens is 154 g/mol. The van der Waals surface area contributed by atoms with Gasteiger partial charge in [-0.05, 0) is 13.0 Å². The summed E-state index contributed by atoms with van der Waals surface area (Å²) in [4.78, 5) is 9.94. The smallest absolute Gasteiger partial charge is 0.225 e. The zero-order valence-electron chi connectivity index (χ0n) is 7.31. The molecule has 12 heavy (non-hydrogen) atoms. The molecule has 1 heterocycles. The van der Waals surface area contributed by atoms with Crippen LogP contribution in [0.2, 0.25) is 0 Å². The lowest BCUT2D eigenvalue weighted by molar-refractivity contribution is 0.269. The lowest BCUT2D eigenvalue weighted by Crippen LogP contribution is -2.33. The molecule has 0 spiro atoms. The number of aromatic nitrogens is 2. The predicted molar refractivity (Wildman–Crippen MR) is 47.0 cm³/mol. The van der Waals surface area contributed by atoms with Gasteiger partial charge in [-0.2, -0.15) is 0 Å². The molecule has 66 valence electrons. The number of hydrogen-bond donors (Lipinski definition) is 1. The van der Waals surface area contributed by atoms with Gasteiger partial charge in [0.15, 0.2) is 0 Å². The summed E-state index contributed by atoms with van der Waals surface area (Å²) in [6.07, 6.45) is 3.37. The van der Waals surface area contributed by atoms with Crippen molar-refractivity contribution in [3.05, 3.63) is 18.5 Å². The second-order valence-electron chi connectivity index (χ2n) is 2.69. The van der Waals surface area contributed by atoms with Gasteiger partial charge in [0.2, 0.25) is 5.95 Å². The Morgan fingerprint density at radius 3 is 2.58 bits per heavy atom. The van der Waals surface area contributed by atoms with Gasteiger partial charge in [0.05, 0.1) is 12.6 Å². The Labute approximate surface area is 71.9 Å². The third kappa shape index (κ3) is 1.92. The first kappa shape index (κ1) is 8.93. The van der Waals surface area contributed by atoms with Crippen LogP contribution in [-0.2, 0) is 0 Å². The van der Waals surface area contributed by atoms with Gasteiger partial charge in [-0.15, -0.1) is 0 Å². The molecule has 0 unspecified atom stereocenters. The maximum Gasteiger partial charge on any atom is 0.225 e. The third-order valence-corrected chi connectivity index (χ3v) is 1.79. The van der Waals surface area contributed by atoms with Crippen LogP contribution in [-0.4, -0.2) is 34.8 Å². The molecule has 4 heteroatoms. The van der Waals surface area contributed by atoms with Crippen molar-refractivity contribution < 1.29 is 5.11 Å². The Balaban J connectivity index is 2.71. The minimum atomic E-state index is 0.0485. The fourth-order valence-electron chi connectivity index (χ4n) is 0.793. The van der Waals surface area contributed by atoms with E-state index in [0.717, 1.165) is 0 Å². The average Bonchev–Trinajstić information content (AvgIpc) is 2.17. The van der Waals surface area contributed by atoms with Crippen LogP contribution >= 0.6 is 0 Å². The Morgan fingerprint density at radius 1 is 1.50 bits per heavy atom. The molecule has 0 aromatic carbocycles. The number of aliphatic hydroxyl groups excluding tert-OH is 1. The van der Waals surface area contributed by atoms with Crippen molar-refractivity contribution in [3.63, 3.8) is 0 Å². The molecule has 4 nitrogen and oxygen atoms in total. The summed E-state index contributed by atoms with van der Waals surface area (Å²) in [6, 6.07) is 1.81. The third-order valence-electron chi connectivity index (χ3n) is 1.79. The van der Waals surface area contributed by atoms with E-state index in [1.165, 1.54) is 0 Å². The molecule has 1 aromatic rings. The summed E-state index contributed by atoms with van der Waals surface area (Å²) in [5, 5.41) is 8.87. The van der Waals surface area contributed by atoms with Gasteiger partial charge in [-0.25, -0.2) is 9.97 Å². The highest BCUT2D eigenvalue weighted by Crippen LogP contribution is 2.05. The molecule has 0 bridgehead atoms. The van der Waals surface area contributed by atoms with Crippen molar-refractivity contribution in [1.82, 2.24) is 9.97 Å². The van der Waals surface area contributed by atoms with Crippen LogP contribution in [0.5, 0.6) is 0 Å². The van der Waals surface area contributed by atoms with Gasteiger partial charge in [0, 0.05) is 19.4 Å². The van der Waals surface area contributed by atoms with E-state index in [0.29, 0.717) is 5.95 Å². The van der Waals surface area contributed by atoms with Crippen LogP contribution in [0.1, 0.15) is 6.92 Å². The van der Waals surface area contributed by atoms with Gasteiger partial charge in [0.1, 0.15) is 0 Å². The Kier molecular flexibility index (Phi) is 2.99. The molecule has 1 rings (SSSR count). The molecule has 0 aliphatic carbocycles. The van der Waals surface area contributed by atoms with Gasteiger partial charge < -0.3 is 10.0 Å². The Bertz CT molecular complexity index is 227. The molecule has 0 amide bonds. The maximum absolute atomic E-state index is 8.87. The van der Waals surface area contributed by atoms with Crippen LogP contribution in [0.3, 0.4) is 0 Å². The molecule has 0 aliphatic rings. The second-order valence-corrected chi connectivity index (χ2v) is 2.69. The number of nitrogens with zero attached hydrogens (tertiary/aromatic N) is 3. The van der Waals surface area contributed by atoms with Crippen molar-refractivity contribution in [2.45, 2.75) is 13.0 Å². The second kappa shape index (κ2) is 4.01. The van der Waals surface area contributed by atoms with Crippen LogP contribution < -0.4 is 4.90 Å². The standard InChI is InChI=1S/C8H13N3O/c1-7(6-12)11(2)8-9-4-3-5-10-8/h3-5,7,12H,6H2,1-2H3/t7-/m0/s1. The first-order valence-corrected chi connectivity index (χ1v) is 3.86. The van der Waals surface area contributed by atoms with Crippen LogP contribution in [0, 0.1) is 0 Å². The molecule has 0 radical (unpaired) electrons. The SMILES string of the molecule is C[C@@H](CO)N(C)c1ncccn1. The summed E-state index contributed by atoms with van der Waals surface area (Å²) < 4.78 is 0. The summed E-state index contributed by atoms with van der Waals surface area (Å²) in [7, 11) is 1.86. The Morgan fingerprint density at radius 2 is 2.08 bits per heavy atom. The largest absolute Gasteiger partial charge is 0.394 e. The van der Waals surface area contributed by atoms with Crippen molar-refractivity contribution in [1.29, 1.82) is 0 Å². The maximum atomic E-state index is 8.87. The van der Waals surface area contributed by atoms with Crippen molar-refractivity contribution in [2.75, 3.05) is 18.6 Å². The minimum Gasteiger partial charge on any atom is -0.394 e. The van der Waals surface area contributed by atoms with Gasteiger partial charge in [0.25, 0.3) is 0 Å². The number of aliphatic hydroxyl groups is 1. The fraction of sp³-hybridized carbons (Fsp3) is 0.500. The fourth-order valence-corrected chi connectivity index (χ4v) is 0.793. The van der Waals surface area contributed by atoms with Crippen molar-refractivity contribution in [3.8, 4) is 0 Å². The van der Waals surface area contributed by atoms with Crippen molar-refractivity contribution >= 4 is 5.95 Å². The topological polar surface area (TPSA) is 49.2 Å². The highest BCUT2D eigenvalue weighted by molar-refractivity contribution is 5.28. The minimum absolute atomic E-state index is 0.0485. The summed E-state index contributed by atoms with van der Waals surface area (Å²) >= 11 is 0. The molecule has 1 aromatic heterocycles. The quantitative estimate of drug-likeness (QED) is 0.703. The van der Waals surface area contributed by atoms with Crippen LogP contribution in [0.25, 0.3) is 0 Å². The highest BCUT2D eigenvalue weighted by atomic mass is 16.3. The number of anilines is 1. The zero-order valence-corrected chi connectivity index (χ0v) is 7.31. The first-order chi connectivity index (χ1) is 5.75. The van der Waals surface area contributed by atoms with E-state index in [2.05, 4.69) is 9.97 Å². The van der Waals surface area contributed by atoms with Gasteiger partial charge in [-0.3, -0.25) is 0 Å². The van der Waals surface area contributed by atoms with E-state index in [-0.39, 0.29) is 12.6 Å². The van der Waals surface area contributed by atoms with Gasteiger partial charge >= 0.3 is 0 Å². The van der Waals surface area contributed by atoms with E-state index >= 15 is 0 Å². The van der Waals surface area contributed by atoms with Crippen molar-refractivity contribution in [2.24, 2.45) is 0 Å². The van der Waals surface area contributed by atoms with Gasteiger partial charge in [-0.1, -0.05) is 0 Å². The summed E-state index contributed by atoms with van der Waals surface area (Å²) in [5.41, 5.74) is 0. The number of hydrogen-bond acceptors (Lipinski definition) is 4. The molecule has 0 aliphatic heterocycles. The molecule has 0 fully saturated rings. The summed E-state index contributed by atoms with van der Waals surface area (Å²) in [5.74, 6) is 0.638. The number of rotatable bonds is 3. The first-order valence-electron chi connectivity index (χ1n) is 3.86. The normalized spacial score (nSPS) is 12.6. The van der Waals surface area contributed by atoms with E-state index in [4.69, 9.17) is 5.11 Å². The molecule has 0 saturated carbocycles. The molecule has 1 atom stereocenters. The average molecular weight is 167 g/mol. The Hall–Kier alpha value is -1.16. The highest BCUT2D eigenvalue weighted by Gasteiger charge is 2.09. The number of likely N-dealkylation sites (N-methyl/N-ethyl adjacent to an activating group) is 1. The lowest BCUT2D eigenvalue weighted by atomic mass is 10.3. The van der Waals surface area contributed by atoms with E-state index < -0.39 is 0 Å². The molecular formula is C8H13N3O. The van der Waals surface area contributed by atoms with Crippen LogP contribution in [0.4, 0.5) is 5.95 Å². The molecule has 1 N–H and O–H groups in total. The predicted octanol–water partition coefficient (Wildman–Crippen LogP) is 0.294. The monoisotopic (exact) mass is 167 g/mol. The zero-order chi connectivity index (χ0) is 8.97. The van der Waals surface area contributed by atoms with Crippen LogP contribution in [0.15, 0.2) is 18.5 Å². The summed E-state index contributed by atoms with van der Waals surface area (Å²) in [6.45, 7) is 2.02. The van der Waals surface area contributed by atoms with E-state index in [1.54, 1.807) is 18.5 Å². The molecule has 0 saturated heterocycles.